The minimum absolute atomic E-state index is 0.0382. The van der Waals surface area contributed by atoms with E-state index in [4.69, 9.17) is 9.72 Å². The van der Waals surface area contributed by atoms with Gasteiger partial charge in [0.25, 0.3) is 11.8 Å². The molecule has 0 unspecified atom stereocenters. The summed E-state index contributed by atoms with van der Waals surface area (Å²) in [6.07, 6.45) is 2.37. The number of hydrogen-bond acceptors (Lipinski definition) is 7. The Morgan fingerprint density at radius 2 is 1.76 bits per heavy atom. The number of aromatic nitrogens is 2. The maximum Gasteiger partial charge on any atom is 0.258 e. The van der Waals surface area contributed by atoms with E-state index in [2.05, 4.69) is 10.2 Å². The lowest BCUT2D eigenvalue weighted by Gasteiger charge is -2.27. The first-order valence-electron chi connectivity index (χ1n) is 14.4. The van der Waals surface area contributed by atoms with Crippen LogP contribution in [0.3, 0.4) is 0 Å². The Kier molecular flexibility index (Phi) is 7.19. The summed E-state index contributed by atoms with van der Waals surface area (Å²) in [7, 11) is 0. The third kappa shape index (κ3) is 4.85. The lowest BCUT2D eigenvalue weighted by molar-refractivity contribution is 0.0303. The number of thiazole rings is 1. The van der Waals surface area contributed by atoms with Gasteiger partial charge >= 0.3 is 0 Å². The van der Waals surface area contributed by atoms with Crippen LogP contribution in [0.15, 0.2) is 65.5 Å². The minimum Gasteiger partial charge on any atom is -0.378 e. The number of rotatable bonds is 6. The SMILES string of the molecule is O=C(NCCN1CCCC1)c1c(=O)c2ccc(-c3cccc(C(=O)N4CCOCC4)c3)nc2n2c1sc1ccccc12. The molecule has 7 rings (SSSR count). The number of carbonyl (C=O) groups is 2. The number of benzene rings is 2. The number of carbonyl (C=O) groups excluding carboxylic acids is 2. The van der Waals surface area contributed by atoms with Crippen LogP contribution in [0.2, 0.25) is 0 Å². The number of nitrogens with one attached hydrogen (secondary N) is 1. The Bertz CT molecular complexity index is 1890. The molecule has 1 N–H and O–H groups in total. The molecule has 0 spiro atoms. The molecule has 3 aromatic heterocycles. The van der Waals surface area contributed by atoms with Gasteiger partial charge in [0.1, 0.15) is 16.0 Å². The van der Waals surface area contributed by atoms with E-state index in [1.54, 1.807) is 17.0 Å². The number of fused-ring (bicyclic) bond motifs is 5. The summed E-state index contributed by atoms with van der Waals surface area (Å²) < 4.78 is 8.28. The third-order valence-electron chi connectivity index (χ3n) is 8.13. The molecular formula is C32H31N5O4S. The van der Waals surface area contributed by atoms with Gasteiger partial charge in [0.15, 0.2) is 0 Å². The molecule has 2 amide bonds. The average Bonchev–Trinajstić information content (AvgIpc) is 3.69. The number of morpholine rings is 1. The second-order valence-corrected chi connectivity index (χ2v) is 11.8. The summed E-state index contributed by atoms with van der Waals surface area (Å²) in [5, 5.41) is 3.38. The Hall–Kier alpha value is -4.12. The highest BCUT2D eigenvalue weighted by molar-refractivity contribution is 7.24. The fourth-order valence-electron chi connectivity index (χ4n) is 5.93. The Morgan fingerprint density at radius 3 is 2.60 bits per heavy atom. The fourth-order valence-corrected chi connectivity index (χ4v) is 7.11. The molecule has 9 nitrogen and oxygen atoms in total. The van der Waals surface area contributed by atoms with Crippen LogP contribution in [0.4, 0.5) is 0 Å². The van der Waals surface area contributed by atoms with E-state index in [9.17, 15) is 14.4 Å². The molecule has 2 fully saturated rings. The van der Waals surface area contributed by atoms with Crippen molar-refractivity contribution in [1.29, 1.82) is 0 Å². The van der Waals surface area contributed by atoms with Crippen LogP contribution in [-0.4, -0.2) is 83.5 Å². The Labute approximate surface area is 246 Å². The predicted octanol–water partition coefficient (Wildman–Crippen LogP) is 4.03. The molecule has 5 heterocycles. The number of amides is 2. The number of hydrogen-bond donors (Lipinski definition) is 1. The highest BCUT2D eigenvalue weighted by Crippen LogP contribution is 2.32. The number of likely N-dealkylation sites (tertiary alicyclic amines) is 1. The van der Waals surface area contributed by atoms with Crippen LogP contribution in [0.1, 0.15) is 33.6 Å². The van der Waals surface area contributed by atoms with Gasteiger partial charge in [-0.1, -0.05) is 24.3 Å². The number of nitrogens with zero attached hydrogens (tertiary/aromatic N) is 4. The van der Waals surface area contributed by atoms with E-state index in [-0.39, 0.29) is 22.8 Å². The van der Waals surface area contributed by atoms with Crippen molar-refractivity contribution >= 4 is 49.2 Å². The number of para-hydroxylation sites is 1. The van der Waals surface area contributed by atoms with Crippen molar-refractivity contribution < 1.29 is 14.3 Å². The summed E-state index contributed by atoms with van der Waals surface area (Å²) in [5.74, 6) is -0.396. The highest BCUT2D eigenvalue weighted by atomic mass is 32.1. The molecule has 5 aromatic rings. The maximum absolute atomic E-state index is 13.9. The van der Waals surface area contributed by atoms with Gasteiger partial charge in [0.05, 0.1) is 34.5 Å². The zero-order chi connectivity index (χ0) is 28.6. The first-order chi connectivity index (χ1) is 20.6. The van der Waals surface area contributed by atoms with Gasteiger partial charge in [-0.05, 0) is 62.3 Å². The molecule has 0 bridgehead atoms. The molecule has 2 aromatic carbocycles. The van der Waals surface area contributed by atoms with Gasteiger partial charge in [0, 0.05) is 37.3 Å². The minimum atomic E-state index is -0.358. The Morgan fingerprint density at radius 1 is 0.952 bits per heavy atom. The van der Waals surface area contributed by atoms with E-state index in [0.29, 0.717) is 60.0 Å². The van der Waals surface area contributed by atoms with Crippen molar-refractivity contribution in [2.75, 3.05) is 52.5 Å². The first kappa shape index (κ1) is 26.8. The zero-order valence-electron chi connectivity index (χ0n) is 23.2. The van der Waals surface area contributed by atoms with Gasteiger partial charge in [-0.3, -0.25) is 18.8 Å². The van der Waals surface area contributed by atoms with Gasteiger partial charge in [-0.25, -0.2) is 4.98 Å². The molecule has 0 aliphatic carbocycles. The zero-order valence-corrected chi connectivity index (χ0v) is 24.0. The highest BCUT2D eigenvalue weighted by Gasteiger charge is 2.24. The number of ether oxygens (including phenoxy) is 1. The van der Waals surface area contributed by atoms with Crippen LogP contribution in [-0.2, 0) is 4.74 Å². The van der Waals surface area contributed by atoms with Crippen molar-refractivity contribution in [3.05, 3.63) is 82.0 Å². The van der Waals surface area contributed by atoms with Crippen LogP contribution >= 0.6 is 11.3 Å². The van der Waals surface area contributed by atoms with E-state index in [1.807, 2.05) is 52.9 Å². The molecular weight excluding hydrogens is 550 g/mol. The summed E-state index contributed by atoms with van der Waals surface area (Å²) in [6.45, 7) is 5.57. The summed E-state index contributed by atoms with van der Waals surface area (Å²) >= 11 is 1.42. The van der Waals surface area contributed by atoms with Crippen molar-refractivity contribution in [2.24, 2.45) is 0 Å². The van der Waals surface area contributed by atoms with Crippen LogP contribution in [0.25, 0.3) is 37.3 Å². The largest absolute Gasteiger partial charge is 0.378 e. The summed E-state index contributed by atoms with van der Waals surface area (Å²) in [6, 6.07) is 18.8. The van der Waals surface area contributed by atoms with Crippen LogP contribution in [0.5, 0.6) is 0 Å². The lowest BCUT2D eigenvalue weighted by atomic mass is 10.1. The maximum atomic E-state index is 13.9. The van der Waals surface area contributed by atoms with Crippen molar-refractivity contribution in [2.45, 2.75) is 12.8 Å². The lowest BCUT2D eigenvalue weighted by Crippen LogP contribution is -2.40. The molecule has 0 radical (unpaired) electrons. The summed E-state index contributed by atoms with van der Waals surface area (Å²) in [5.41, 5.74) is 3.20. The molecule has 2 aliphatic rings. The van der Waals surface area contributed by atoms with E-state index in [0.717, 1.165) is 35.4 Å². The van der Waals surface area contributed by atoms with Gasteiger partial charge in [-0.2, -0.15) is 0 Å². The summed E-state index contributed by atoms with van der Waals surface area (Å²) in [4.78, 5) is 50.2. The molecule has 0 atom stereocenters. The van der Waals surface area contributed by atoms with Gasteiger partial charge < -0.3 is 19.9 Å². The molecule has 10 heteroatoms. The van der Waals surface area contributed by atoms with Crippen molar-refractivity contribution in [1.82, 2.24) is 24.5 Å². The molecule has 2 aliphatic heterocycles. The second kappa shape index (κ2) is 11.3. The van der Waals surface area contributed by atoms with Crippen molar-refractivity contribution in [3.8, 4) is 11.3 Å². The molecule has 2 saturated heterocycles. The predicted molar refractivity (Wildman–Crippen MR) is 165 cm³/mol. The first-order valence-corrected chi connectivity index (χ1v) is 15.3. The standard InChI is InChI=1S/C32H31N5O4S/c38-28-23-10-11-24(21-6-5-7-22(20-21)31(40)36-16-18-41-19-17-36)34-29(23)37-25-8-1-2-9-26(25)42-32(37)27(28)30(39)33-12-15-35-13-3-4-14-35/h1-2,5-11,20H,3-4,12-19H2,(H,33,39). The normalized spacial score (nSPS) is 16.0. The molecule has 0 saturated carbocycles. The quantitative estimate of drug-likeness (QED) is 0.325. The smallest absolute Gasteiger partial charge is 0.258 e. The Balaban J connectivity index is 1.31. The van der Waals surface area contributed by atoms with Crippen molar-refractivity contribution in [3.63, 3.8) is 0 Å². The second-order valence-electron chi connectivity index (χ2n) is 10.8. The van der Waals surface area contributed by atoms with E-state index >= 15 is 0 Å². The van der Waals surface area contributed by atoms with E-state index in [1.165, 1.54) is 24.2 Å². The van der Waals surface area contributed by atoms with Gasteiger partial charge in [-0.15, -0.1) is 11.3 Å². The van der Waals surface area contributed by atoms with Crippen LogP contribution in [0, 0.1) is 0 Å². The average molecular weight is 582 g/mol. The van der Waals surface area contributed by atoms with Gasteiger partial charge in [0.2, 0.25) is 5.43 Å². The van der Waals surface area contributed by atoms with E-state index < -0.39 is 0 Å². The third-order valence-corrected chi connectivity index (χ3v) is 9.28. The fraction of sp³-hybridized carbons (Fsp3) is 0.312. The molecule has 42 heavy (non-hydrogen) atoms. The van der Waals surface area contributed by atoms with Crippen LogP contribution < -0.4 is 10.7 Å². The topological polar surface area (TPSA) is 96.2 Å². The molecule has 214 valence electrons. The number of pyridine rings is 2. The monoisotopic (exact) mass is 581 g/mol.